The van der Waals surface area contributed by atoms with Crippen molar-refractivity contribution in [1.29, 1.82) is 0 Å². The van der Waals surface area contributed by atoms with Gasteiger partial charge in [0.05, 0.1) is 0 Å². The molecular weight excluding hydrogens is 326 g/mol. The Morgan fingerprint density at radius 3 is 2.41 bits per heavy atom. The molecule has 1 saturated heterocycles. The minimum absolute atomic E-state index is 0.0741. The van der Waals surface area contributed by atoms with Crippen LogP contribution in [0.2, 0.25) is 0 Å². The average molecular weight is 345 g/mol. The molecule has 0 aromatic rings. The standard InChI is InChI=1S/C12H19F3NO5P/c13-12(14,15)10(18)21-9(17)11(5-1-3-7-16)6-2-4-8-22(11,19)20/h1-8,16H2,(H,19,20). The zero-order valence-electron chi connectivity index (χ0n) is 11.9. The molecule has 1 rings (SSSR count). The molecule has 0 aromatic carbocycles. The van der Waals surface area contributed by atoms with E-state index in [0.29, 0.717) is 19.3 Å². The molecule has 0 amide bonds. The molecule has 2 atom stereocenters. The summed E-state index contributed by atoms with van der Waals surface area (Å²) in [5.41, 5.74) is 5.32. The van der Waals surface area contributed by atoms with E-state index in [1.807, 2.05) is 0 Å². The predicted octanol–water partition coefficient (Wildman–Crippen LogP) is 1.94. The van der Waals surface area contributed by atoms with Crippen LogP contribution in [-0.2, 0) is 18.9 Å². The molecule has 0 bridgehead atoms. The summed E-state index contributed by atoms with van der Waals surface area (Å²) in [6.45, 7) is 0.280. The monoisotopic (exact) mass is 345 g/mol. The first-order valence-corrected chi connectivity index (χ1v) is 8.77. The van der Waals surface area contributed by atoms with Crippen LogP contribution in [0.1, 0.15) is 38.5 Å². The van der Waals surface area contributed by atoms with E-state index in [0.717, 1.165) is 0 Å². The Morgan fingerprint density at radius 2 is 1.91 bits per heavy atom. The first-order chi connectivity index (χ1) is 10.1. The zero-order valence-corrected chi connectivity index (χ0v) is 12.8. The number of esters is 2. The van der Waals surface area contributed by atoms with Crippen molar-refractivity contribution in [2.24, 2.45) is 5.73 Å². The van der Waals surface area contributed by atoms with Gasteiger partial charge in [-0.15, -0.1) is 0 Å². The highest BCUT2D eigenvalue weighted by molar-refractivity contribution is 7.60. The second kappa shape index (κ2) is 7.10. The third-order valence-corrected chi connectivity index (χ3v) is 6.70. The fourth-order valence-electron chi connectivity index (χ4n) is 2.58. The summed E-state index contributed by atoms with van der Waals surface area (Å²) in [6, 6.07) is 0. The van der Waals surface area contributed by atoms with Crippen LogP contribution in [0.25, 0.3) is 0 Å². The van der Waals surface area contributed by atoms with Gasteiger partial charge >= 0.3 is 18.1 Å². The summed E-state index contributed by atoms with van der Waals surface area (Å²) >= 11 is 0. The summed E-state index contributed by atoms with van der Waals surface area (Å²) in [5.74, 6) is -4.22. The van der Waals surface area contributed by atoms with E-state index in [4.69, 9.17) is 5.73 Å². The van der Waals surface area contributed by atoms with E-state index < -0.39 is 30.6 Å². The number of halogens is 3. The fourth-order valence-corrected chi connectivity index (χ4v) is 5.00. The number of alkyl halides is 3. The molecule has 2 unspecified atom stereocenters. The molecule has 1 fully saturated rings. The second-order valence-electron chi connectivity index (χ2n) is 5.33. The van der Waals surface area contributed by atoms with Crippen molar-refractivity contribution in [2.75, 3.05) is 12.7 Å². The van der Waals surface area contributed by atoms with Gasteiger partial charge in [0.15, 0.2) is 0 Å². The first-order valence-electron chi connectivity index (χ1n) is 6.92. The van der Waals surface area contributed by atoms with Crippen molar-refractivity contribution in [3.63, 3.8) is 0 Å². The molecule has 1 heterocycles. The second-order valence-corrected chi connectivity index (χ2v) is 8.04. The van der Waals surface area contributed by atoms with Gasteiger partial charge in [0.25, 0.3) is 0 Å². The Bertz CT molecular complexity index is 482. The molecule has 6 nitrogen and oxygen atoms in total. The summed E-state index contributed by atoms with van der Waals surface area (Å²) < 4.78 is 52.9. The van der Waals surface area contributed by atoms with Crippen LogP contribution in [-0.4, -0.2) is 40.9 Å². The van der Waals surface area contributed by atoms with Gasteiger partial charge in [0.1, 0.15) is 5.16 Å². The highest BCUT2D eigenvalue weighted by Crippen LogP contribution is 2.62. The number of hydrogen-bond acceptors (Lipinski definition) is 5. The highest BCUT2D eigenvalue weighted by Gasteiger charge is 2.57. The highest BCUT2D eigenvalue weighted by atomic mass is 31.2. The number of carbonyl (C=O) groups excluding carboxylic acids is 2. The van der Waals surface area contributed by atoms with E-state index >= 15 is 0 Å². The average Bonchev–Trinajstić information content (AvgIpc) is 2.39. The molecule has 1 aliphatic rings. The largest absolute Gasteiger partial charge is 0.491 e. The number of nitrogens with two attached hydrogens (primary N) is 1. The lowest BCUT2D eigenvalue weighted by atomic mass is 9.94. The predicted molar refractivity (Wildman–Crippen MR) is 71.3 cm³/mol. The molecular formula is C12H19F3NO5P. The molecule has 0 aromatic heterocycles. The Kier molecular flexibility index (Phi) is 6.18. The zero-order chi connectivity index (χ0) is 17.0. The number of rotatable bonds is 5. The molecule has 1 aliphatic heterocycles. The van der Waals surface area contributed by atoms with Crippen LogP contribution in [0, 0.1) is 0 Å². The van der Waals surface area contributed by atoms with Crippen LogP contribution in [0.3, 0.4) is 0 Å². The van der Waals surface area contributed by atoms with Gasteiger partial charge in [-0.1, -0.05) is 12.8 Å². The van der Waals surface area contributed by atoms with E-state index in [1.165, 1.54) is 0 Å². The van der Waals surface area contributed by atoms with Crippen molar-refractivity contribution in [2.45, 2.75) is 49.9 Å². The van der Waals surface area contributed by atoms with Crippen molar-refractivity contribution in [1.82, 2.24) is 0 Å². The van der Waals surface area contributed by atoms with Gasteiger partial charge in [-0.3, -0.25) is 9.36 Å². The molecule has 10 heteroatoms. The Hall–Kier alpha value is -0.920. The lowest BCUT2D eigenvalue weighted by molar-refractivity contribution is -0.203. The molecule has 0 spiro atoms. The van der Waals surface area contributed by atoms with Crippen LogP contribution in [0.4, 0.5) is 13.2 Å². The van der Waals surface area contributed by atoms with Gasteiger partial charge in [-0.25, -0.2) is 4.79 Å². The molecule has 0 saturated carbocycles. The van der Waals surface area contributed by atoms with E-state index in [2.05, 4.69) is 4.74 Å². The Morgan fingerprint density at radius 1 is 1.27 bits per heavy atom. The molecule has 3 N–H and O–H groups in total. The maximum absolute atomic E-state index is 12.4. The normalized spacial score (nSPS) is 29.1. The van der Waals surface area contributed by atoms with E-state index in [-0.39, 0.29) is 32.0 Å². The lowest BCUT2D eigenvalue weighted by Crippen LogP contribution is -2.45. The maximum atomic E-state index is 12.4. The molecule has 0 aliphatic carbocycles. The van der Waals surface area contributed by atoms with Crippen LogP contribution < -0.4 is 5.73 Å². The third kappa shape index (κ3) is 4.08. The van der Waals surface area contributed by atoms with Crippen LogP contribution >= 0.6 is 7.37 Å². The summed E-state index contributed by atoms with van der Waals surface area (Å²) in [7, 11) is -4.07. The minimum atomic E-state index is -5.33. The SMILES string of the molecule is NCCCCC1(C(=O)OC(=O)C(F)(F)F)CCCCP1(=O)O. The number of ether oxygens (including phenoxy) is 1. The van der Waals surface area contributed by atoms with Crippen molar-refractivity contribution >= 4 is 19.3 Å². The van der Waals surface area contributed by atoms with E-state index in [1.54, 1.807) is 0 Å². The van der Waals surface area contributed by atoms with Crippen LogP contribution in [0.15, 0.2) is 0 Å². The third-order valence-electron chi connectivity index (χ3n) is 3.81. The quantitative estimate of drug-likeness (QED) is 0.341. The van der Waals surface area contributed by atoms with Gasteiger partial charge in [-0.05, 0) is 32.2 Å². The van der Waals surface area contributed by atoms with E-state index in [9.17, 15) is 32.2 Å². The van der Waals surface area contributed by atoms with Crippen molar-refractivity contribution < 1.29 is 37.0 Å². The molecule has 128 valence electrons. The van der Waals surface area contributed by atoms with Crippen molar-refractivity contribution in [3.05, 3.63) is 0 Å². The first kappa shape index (κ1) is 19.1. The Labute approximate surface area is 125 Å². The molecule has 0 radical (unpaired) electrons. The number of carbonyl (C=O) groups is 2. The smallest absolute Gasteiger partial charge is 0.386 e. The maximum Gasteiger partial charge on any atom is 0.491 e. The Balaban J connectivity index is 3.02. The summed E-state index contributed by atoms with van der Waals surface area (Å²) in [6.07, 6.45) is -4.17. The summed E-state index contributed by atoms with van der Waals surface area (Å²) in [4.78, 5) is 33.0. The van der Waals surface area contributed by atoms with Gasteiger partial charge in [0.2, 0.25) is 7.37 Å². The van der Waals surface area contributed by atoms with Crippen molar-refractivity contribution in [3.8, 4) is 0 Å². The number of unbranched alkanes of at least 4 members (excludes halogenated alkanes) is 1. The fraction of sp³-hybridized carbons (Fsp3) is 0.833. The van der Waals surface area contributed by atoms with Crippen LogP contribution in [0.5, 0.6) is 0 Å². The summed E-state index contributed by atoms with van der Waals surface area (Å²) in [5, 5.41) is -1.94. The van der Waals surface area contributed by atoms with Gasteiger partial charge in [0, 0.05) is 6.16 Å². The molecule has 22 heavy (non-hydrogen) atoms. The van der Waals surface area contributed by atoms with Gasteiger partial charge < -0.3 is 15.4 Å². The minimum Gasteiger partial charge on any atom is -0.386 e. The number of hydrogen-bond donors (Lipinski definition) is 2. The topological polar surface area (TPSA) is 107 Å². The van der Waals surface area contributed by atoms with Gasteiger partial charge in [-0.2, -0.15) is 13.2 Å². The lowest BCUT2D eigenvalue weighted by Gasteiger charge is -2.38.